The molecule has 3 heterocycles. The standard InChI is InChI=1S/C14H20N4O3S/c1-9-10(2)15-8-16-13(9)14(19)17-6-11-4-5-18(12(11)7-17)22(3,20)21/h8,11-12H,4-7H2,1-3H3/t11-,12+/m1/s1. The Kier molecular flexibility index (Phi) is 3.68. The van der Waals surface area contributed by atoms with Crippen molar-refractivity contribution < 1.29 is 13.2 Å². The van der Waals surface area contributed by atoms with E-state index >= 15 is 0 Å². The van der Waals surface area contributed by atoms with Crippen molar-refractivity contribution >= 4 is 15.9 Å². The summed E-state index contributed by atoms with van der Waals surface area (Å²) in [7, 11) is -3.22. The molecule has 0 bridgehead atoms. The van der Waals surface area contributed by atoms with Crippen LogP contribution in [-0.2, 0) is 10.0 Å². The molecule has 0 spiro atoms. The van der Waals surface area contributed by atoms with E-state index in [4.69, 9.17) is 0 Å². The number of aryl methyl sites for hydroxylation is 1. The van der Waals surface area contributed by atoms with Gasteiger partial charge in [-0.25, -0.2) is 18.4 Å². The van der Waals surface area contributed by atoms with Gasteiger partial charge in [0.05, 0.1) is 6.26 Å². The molecule has 1 aromatic rings. The van der Waals surface area contributed by atoms with Gasteiger partial charge in [0.25, 0.3) is 5.91 Å². The van der Waals surface area contributed by atoms with Gasteiger partial charge in [-0.1, -0.05) is 0 Å². The summed E-state index contributed by atoms with van der Waals surface area (Å²) in [5, 5.41) is 0. The maximum Gasteiger partial charge on any atom is 0.272 e. The van der Waals surface area contributed by atoms with Gasteiger partial charge < -0.3 is 4.90 Å². The van der Waals surface area contributed by atoms with E-state index in [1.54, 1.807) is 4.90 Å². The molecule has 1 amide bonds. The van der Waals surface area contributed by atoms with Crippen LogP contribution in [-0.4, -0.2) is 65.4 Å². The van der Waals surface area contributed by atoms with Crippen molar-refractivity contribution in [2.75, 3.05) is 25.9 Å². The molecule has 2 aliphatic heterocycles. The van der Waals surface area contributed by atoms with Gasteiger partial charge in [0, 0.05) is 36.9 Å². The normalized spacial score (nSPS) is 25.5. The first-order chi connectivity index (χ1) is 10.3. The first-order valence-electron chi connectivity index (χ1n) is 7.33. The molecule has 2 atom stereocenters. The Labute approximate surface area is 130 Å². The van der Waals surface area contributed by atoms with E-state index in [9.17, 15) is 13.2 Å². The molecule has 0 N–H and O–H groups in total. The van der Waals surface area contributed by atoms with Crippen molar-refractivity contribution in [3.8, 4) is 0 Å². The Bertz CT molecular complexity index is 719. The lowest BCUT2D eigenvalue weighted by molar-refractivity contribution is 0.0771. The predicted molar refractivity (Wildman–Crippen MR) is 80.9 cm³/mol. The number of rotatable bonds is 2. The highest BCUT2D eigenvalue weighted by atomic mass is 32.2. The number of likely N-dealkylation sites (tertiary alicyclic amines) is 1. The van der Waals surface area contributed by atoms with Crippen LogP contribution in [0.5, 0.6) is 0 Å². The average molecular weight is 324 g/mol. The summed E-state index contributed by atoms with van der Waals surface area (Å²) in [6.45, 7) is 5.28. The molecule has 120 valence electrons. The Balaban J connectivity index is 1.81. The zero-order valence-corrected chi connectivity index (χ0v) is 13.8. The minimum atomic E-state index is -3.22. The Morgan fingerprint density at radius 1 is 1.27 bits per heavy atom. The van der Waals surface area contributed by atoms with E-state index < -0.39 is 10.0 Å². The fraction of sp³-hybridized carbons (Fsp3) is 0.643. The predicted octanol–water partition coefficient (Wildman–Crippen LogP) is 0.199. The zero-order chi connectivity index (χ0) is 16.1. The number of aromatic nitrogens is 2. The highest BCUT2D eigenvalue weighted by Crippen LogP contribution is 2.33. The summed E-state index contributed by atoms with van der Waals surface area (Å²) in [6, 6.07) is -0.0952. The molecule has 2 saturated heterocycles. The molecule has 0 aliphatic carbocycles. The number of amides is 1. The molecular formula is C14H20N4O3S. The van der Waals surface area contributed by atoms with E-state index in [1.807, 2.05) is 13.8 Å². The van der Waals surface area contributed by atoms with Gasteiger partial charge in [-0.3, -0.25) is 4.79 Å². The van der Waals surface area contributed by atoms with Crippen LogP contribution in [0.4, 0.5) is 0 Å². The fourth-order valence-corrected chi connectivity index (χ4v) is 4.57. The summed E-state index contributed by atoms with van der Waals surface area (Å²) >= 11 is 0. The van der Waals surface area contributed by atoms with Crippen molar-refractivity contribution in [2.45, 2.75) is 26.3 Å². The first-order valence-corrected chi connectivity index (χ1v) is 9.18. The lowest BCUT2D eigenvalue weighted by Crippen LogP contribution is -2.40. The lowest BCUT2D eigenvalue weighted by atomic mass is 10.1. The second-order valence-corrected chi connectivity index (χ2v) is 8.07. The van der Waals surface area contributed by atoms with Crippen LogP contribution in [0, 0.1) is 19.8 Å². The number of fused-ring (bicyclic) bond motifs is 1. The van der Waals surface area contributed by atoms with Gasteiger partial charge >= 0.3 is 0 Å². The maximum atomic E-state index is 12.7. The Hall–Kier alpha value is -1.54. The van der Waals surface area contributed by atoms with Gasteiger partial charge in [0.2, 0.25) is 10.0 Å². The topological polar surface area (TPSA) is 83.5 Å². The van der Waals surface area contributed by atoms with Crippen molar-refractivity contribution in [3.05, 3.63) is 23.3 Å². The smallest absolute Gasteiger partial charge is 0.272 e. The number of carbonyl (C=O) groups excluding carboxylic acids is 1. The number of hydrogen-bond acceptors (Lipinski definition) is 5. The minimum absolute atomic E-state index is 0.0952. The van der Waals surface area contributed by atoms with Crippen molar-refractivity contribution in [2.24, 2.45) is 5.92 Å². The monoisotopic (exact) mass is 324 g/mol. The van der Waals surface area contributed by atoms with Crippen LogP contribution in [0.2, 0.25) is 0 Å². The molecule has 22 heavy (non-hydrogen) atoms. The molecule has 2 aliphatic rings. The van der Waals surface area contributed by atoms with E-state index in [2.05, 4.69) is 9.97 Å². The third-order valence-corrected chi connectivity index (χ3v) is 6.05. The SMILES string of the molecule is Cc1ncnc(C(=O)N2C[C@H]3CCN(S(C)(=O)=O)[C@H]3C2)c1C. The largest absolute Gasteiger partial charge is 0.335 e. The lowest BCUT2D eigenvalue weighted by Gasteiger charge is -2.22. The first kappa shape index (κ1) is 15.4. The Morgan fingerprint density at radius 2 is 2.00 bits per heavy atom. The van der Waals surface area contributed by atoms with Gasteiger partial charge in [-0.15, -0.1) is 0 Å². The molecule has 8 heteroatoms. The number of sulfonamides is 1. The van der Waals surface area contributed by atoms with Crippen LogP contribution in [0.3, 0.4) is 0 Å². The van der Waals surface area contributed by atoms with Gasteiger partial charge in [0.15, 0.2) is 0 Å². The highest BCUT2D eigenvalue weighted by Gasteiger charge is 2.46. The summed E-state index contributed by atoms with van der Waals surface area (Å²) in [4.78, 5) is 22.6. The van der Waals surface area contributed by atoms with Crippen molar-refractivity contribution in [3.63, 3.8) is 0 Å². The molecule has 2 fully saturated rings. The summed E-state index contributed by atoms with van der Waals surface area (Å²) in [5.74, 6) is 0.0905. The third kappa shape index (κ3) is 2.50. The van der Waals surface area contributed by atoms with Crippen molar-refractivity contribution in [1.82, 2.24) is 19.2 Å². The maximum absolute atomic E-state index is 12.7. The average Bonchev–Trinajstić information content (AvgIpc) is 2.99. The van der Waals surface area contributed by atoms with Crippen molar-refractivity contribution in [1.29, 1.82) is 0 Å². The number of nitrogens with zero attached hydrogens (tertiary/aromatic N) is 4. The van der Waals surface area contributed by atoms with Crippen LogP contribution in [0.25, 0.3) is 0 Å². The fourth-order valence-electron chi connectivity index (χ4n) is 3.40. The molecule has 3 rings (SSSR count). The van der Waals surface area contributed by atoms with E-state index in [1.165, 1.54) is 16.9 Å². The van der Waals surface area contributed by atoms with Crippen LogP contribution >= 0.6 is 0 Å². The van der Waals surface area contributed by atoms with Gasteiger partial charge in [0.1, 0.15) is 12.0 Å². The third-order valence-electron chi connectivity index (χ3n) is 4.75. The van der Waals surface area contributed by atoms with E-state index in [0.717, 1.165) is 17.7 Å². The molecule has 0 radical (unpaired) electrons. The van der Waals surface area contributed by atoms with Gasteiger partial charge in [-0.2, -0.15) is 4.31 Å². The highest BCUT2D eigenvalue weighted by molar-refractivity contribution is 7.88. The molecule has 0 aromatic carbocycles. The van der Waals surface area contributed by atoms with E-state index in [-0.39, 0.29) is 17.9 Å². The van der Waals surface area contributed by atoms with Crippen LogP contribution in [0.1, 0.15) is 28.2 Å². The second kappa shape index (κ2) is 5.27. The molecular weight excluding hydrogens is 304 g/mol. The minimum Gasteiger partial charge on any atom is -0.335 e. The van der Waals surface area contributed by atoms with Crippen LogP contribution in [0.15, 0.2) is 6.33 Å². The molecule has 0 unspecified atom stereocenters. The summed E-state index contributed by atoms with van der Waals surface area (Å²) < 4.78 is 25.2. The molecule has 7 nitrogen and oxygen atoms in total. The quantitative estimate of drug-likeness (QED) is 0.776. The number of hydrogen-bond donors (Lipinski definition) is 0. The van der Waals surface area contributed by atoms with Gasteiger partial charge in [-0.05, 0) is 26.2 Å². The number of carbonyl (C=O) groups is 1. The molecule has 0 saturated carbocycles. The summed E-state index contributed by atoms with van der Waals surface area (Å²) in [5.41, 5.74) is 1.98. The second-order valence-electron chi connectivity index (χ2n) is 6.13. The Morgan fingerprint density at radius 3 is 2.68 bits per heavy atom. The van der Waals surface area contributed by atoms with E-state index in [0.29, 0.717) is 25.3 Å². The van der Waals surface area contributed by atoms with Crippen LogP contribution < -0.4 is 0 Å². The molecule has 1 aromatic heterocycles. The summed E-state index contributed by atoms with van der Waals surface area (Å²) in [6.07, 6.45) is 3.44. The zero-order valence-electron chi connectivity index (χ0n) is 13.0.